The van der Waals surface area contributed by atoms with E-state index in [0.29, 0.717) is 6.42 Å². The van der Waals surface area contributed by atoms with Gasteiger partial charge < -0.3 is 20.1 Å². The van der Waals surface area contributed by atoms with E-state index < -0.39 is 26.5 Å². The predicted molar refractivity (Wildman–Crippen MR) is 211 cm³/mol. The second kappa shape index (κ2) is 38.2. The fourth-order valence-corrected chi connectivity index (χ4v) is 6.45. The zero-order chi connectivity index (χ0) is 37.5. The minimum atomic E-state index is -4.37. The third-order valence-electron chi connectivity index (χ3n) is 8.81. The van der Waals surface area contributed by atoms with E-state index in [-0.39, 0.29) is 38.6 Å². The van der Waals surface area contributed by atoms with Crippen molar-refractivity contribution in [3.63, 3.8) is 0 Å². The Bertz CT molecular complexity index is 897. The van der Waals surface area contributed by atoms with Gasteiger partial charge in [-0.1, -0.05) is 141 Å². The van der Waals surface area contributed by atoms with Gasteiger partial charge in [0.25, 0.3) is 0 Å². The maximum Gasteiger partial charge on any atom is 0.472 e. The Labute approximate surface area is 312 Å². The molecule has 9 nitrogen and oxygen atoms in total. The molecule has 0 aromatic heterocycles. The van der Waals surface area contributed by atoms with Crippen molar-refractivity contribution < 1.29 is 37.6 Å². The van der Waals surface area contributed by atoms with Gasteiger partial charge in [-0.2, -0.15) is 0 Å². The number of rotatable bonds is 39. The summed E-state index contributed by atoms with van der Waals surface area (Å²) in [6.45, 7) is 3.70. The number of hydrogen-bond acceptors (Lipinski definition) is 8. The van der Waals surface area contributed by atoms with Crippen molar-refractivity contribution in [1.82, 2.24) is 0 Å². The number of carbonyl (C=O) groups is 2. The molecule has 0 amide bonds. The van der Waals surface area contributed by atoms with E-state index in [0.717, 1.165) is 44.9 Å². The number of esters is 2. The topological polar surface area (TPSA) is 134 Å². The van der Waals surface area contributed by atoms with Crippen LogP contribution in [0.2, 0.25) is 0 Å². The minimum absolute atomic E-state index is 0.0518. The fourth-order valence-electron chi connectivity index (χ4n) is 5.68. The maximum absolute atomic E-state index is 12.5. The Morgan fingerprint density at radius 2 is 0.961 bits per heavy atom. The maximum atomic E-state index is 12.5. The number of phosphoric ester groups is 1. The fraction of sp³-hybridized carbons (Fsp3) is 0.854. The van der Waals surface area contributed by atoms with E-state index in [1.165, 1.54) is 116 Å². The first-order chi connectivity index (χ1) is 24.8. The Morgan fingerprint density at radius 3 is 1.43 bits per heavy atom. The molecule has 10 heteroatoms. The molecule has 0 aromatic rings. The normalized spacial score (nSPS) is 13.6. The molecular formula is C41H78NO8P. The molecule has 3 N–H and O–H groups in total. The van der Waals surface area contributed by atoms with Crippen molar-refractivity contribution in [3.05, 3.63) is 24.3 Å². The SMILES string of the molecule is CCCCCC/C=C/CCCCCCCCCCCC(=O)OC[C@H](COP(=O)(O)OCCN)OC(=O)CCCCC/C=C/CCCCCCCC. The minimum Gasteiger partial charge on any atom is -0.462 e. The highest BCUT2D eigenvalue weighted by molar-refractivity contribution is 7.47. The number of nitrogens with two attached hydrogens (primary N) is 1. The van der Waals surface area contributed by atoms with Gasteiger partial charge in [-0.05, 0) is 64.2 Å². The van der Waals surface area contributed by atoms with E-state index >= 15 is 0 Å². The van der Waals surface area contributed by atoms with Crippen molar-refractivity contribution in [1.29, 1.82) is 0 Å². The van der Waals surface area contributed by atoms with Gasteiger partial charge in [-0.3, -0.25) is 18.6 Å². The summed E-state index contributed by atoms with van der Waals surface area (Å²) in [5.74, 6) is -0.846. The lowest BCUT2D eigenvalue weighted by molar-refractivity contribution is -0.161. The quantitative estimate of drug-likeness (QED) is 0.0273. The molecule has 300 valence electrons. The Balaban J connectivity index is 4.17. The van der Waals surface area contributed by atoms with Gasteiger partial charge in [0.05, 0.1) is 13.2 Å². The Morgan fingerprint density at radius 1 is 0.569 bits per heavy atom. The van der Waals surface area contributed by atoms with E-state index in [1.54, 1.807) is 0 Å². The van der Waals surface area contributed by atoms with Crippen molar-refractivity contribution >= 4 is 19.8 Å². The highest BCUT2D eigenvalue weighted by Crippen LogP contribution is 2.43. The van der Waals surface area contributed by atoms with Crippen LogP contribution in [0.15, 0.2) is 24.3 Å². The largest absolute Gasteiger partial charge is 0.472 e. The third kappa shape index (κ3) is 38.0. The van der Waals surface area contributed by atoms with Gasteiger partial charge in [-0.25, -0.2) is 4.57 Å². The summed E-state index contributed by atoms with van der Waals surface area (Å²) in [6, 6.07) is 0. The molecular weight excluding hydrogens is 665 g/mol. The van der Waals surface area contributed by atoms with Gasteiger partial charge in [-0.15, -0.1) is 0 Å². The molecule has 0 rings (SSSR count). The molecule has 1 unspecified atom stereocenters. The van der Waals surface area contributed by atoms with Crippen LogP contribution < -0.4 is 5.73 Å². The van der Waals surface area contributed by atoms with Crippen LogP contribution in [-0.2, 0) is 32.7 Å². The van der Waals surface area contributed by atoms with Crippen LogP contribution in [0.1, 0.15) is 194 Å². The molecule has 0 bridgehead atoms. The third-order valence-corrected chi connectivity index (χ3v) is 9.79. The lowest BCUT2D eigenvalue weighted by atomic mass is 10.1. The van der Waals surface area contributed by atoms with Crippen molar-refractivity contribution in [2.24, 2.45) is 5.73 Å². The molecule has 0 saturated heterocycles. The molecule has 0 heterocycles. The van der Waals surface area contributed by atoms with Crippen LogP contribution >= 0.6 is 7.82 Å². The first-order valence-corrected chi connectivity index (χ1v) is 22.3. The first kappa shape index (κ1) is 49.5. The summed E-state index contributed by atoms with van der Waals surface area (Å²) in [5, 5.41) is 0. The van der Waals surface area contributed by atoms with Crippen LogP contribution in [0.5, 0.6) is 0 Å². The molecule has 0 radical (unpaired) electrons. The number of allylic oxidation sites excluding steroid dienone is 4. The summed E-state index contributed by atoms with van der Waals surface area (Å²) < 4.78 is 32.7. The number of unbranched alkanes of at least 4 members (excludes halogenated alkanes) is 22. The van der Waals surface area contributed by atoms with E-state index in [9.17, 15) is 19.0 Å². The molecule has 2 atom stereocenters. The van der Waals surface area contributed by atoms with Crippen molar-refractivity contribution in [2.45, 2.75) is 200 Å². The molecule has 51 heavy (non-hydrogen) atoms. The van der Waals surface area contributed by atoms with Gasteiger partial charge in [0.15, 0.2) is 6.10 Å². The highest BCUT2D eigenvalue weighted by Gasteiger charge is 2.26. The molecule has 0 aliphatic carbocycles. The molecule has 0 fully saturated rings. The zero-order valence-corrected chi connectivity index (χ0v) is 33.7. The average molecular weight is 744 g/mol. The monoisotopic (exact) mass is 744 g/mol. The second-order valence-corrected chi connectivity index (χ2v) is 15.3. The van der Waals surface area contributed by atoms with Crippen molar-refractivity contribution in [2.75, 3.05) is 26.4 Å². The van der Waals surface area contributed by atoms with Crippen LogP contribution in [0.3, 0.4) is 0 Å². The number of hydrogen-bond donors (Lipinski definition) is 2. The molecule has 0 saturated carbocycles. The lowest BCUT2D eigenvalue weighted by Gasteiger charge is -2.19. The van der Waals surface area contributed by atoms with Crippen LogP contribution in [0.25, 0.3) is 0 Å². The summed E-state index contributed by atoms with van der Waals surface area (Å²) in [6.07, 6.45) is 39.2. The number of carbonyl (C=O) groups excluding carboxylic acids is 2. The van der Waals surface area contributed by atoms with Gasteiger partial charge in [0.2, 0.25) is 0 Å². The van der Waals surface area contributed by atoms with Gasteiger partial charge >= 0.3 is 19.8 Å². The second-order valence-electron chi connectivity index (χ2n) is 13.8. The Hall–Kier alpha value is -1.51. The summed E-state index contributed by atoms with van der Waals surface area (Å²) in [5.41, 5.74) is 5.34. The molecule has 0 aromatic carbocycles. The van der Waals surface area contributed by atoms with Gasteiger partial charge in [0, 0.05) is 19.4 Å². The van der Waals surface area contributed by atoms with Crippen LogP contribution in [0.4, 0.5) is 0 Å². The Kier molecular flexibility index (Phi) is 37.1. The van der Waals surface area contributed by atoms with E-state index in [4.69, 9.17) is 24.3 Å². The molecule has 0 spiro atoms. The molecule has 0 aliphatic rings. The van der Waals surface area contributed by atoms with Crippen LogP contribution in [-0.4, -0.2) is 49.3 Å². The average Bonchev–Trinajstić information content (AvgIpc) is 3.11. The number of phosphoric acid groups is 1. The summed E-state index contributed by atoms with van der Waals surface area (Å²) >= 11 is 0. The molecule has 0 aliphatic heterocycles. The van der Waals surface area contributed by atoms with Crippen molar-refractivity contribution in [3.8, 4) is 0 Å². The predicted octanol–water partition coefficient (Wildman–Crippen LogP) is 11.6. The van der Waals surface area contributed by atoms with E-state index in [1.807, 2.05) is 0 Å². The van der Waals surface area contributed by atoms with E-state index in [2.05, 4.69) is 38.2 Å². The summed E-state index contributed by atoms with van der Waals surface area (Å²) in [4.78, 5) is 34.8. The lowest BCUT2D eigenvalue weighted by Crippen LogP contribution is -2.29. The summed E-state index contributed by atoms with van der Waals surface area (Å²) in [7, 11) is -4.37. The standard InChI is InChI=1S/C41H78NO8P/c1-3-5-7-9-11-13-15-17-18-19-20-22-23-25-27-29-31-33-40(43)47-37-39(38-49-51(45,46)48-36-35-42)50-41(44)34-32-30-28-26-24-21-16-14-12-10-8-6-4-2/h13,15,21,24,39H,3-12,14,16-20,22-23,25-38,42H2,1-2H3,(H,45,46)/b15-13+,24-21+/t39-/m1/s1. The number of ether oxygens (including phenoxy) is 2. The first-order valence-electron chi connectivity index (χ1n) is 20.8. The van der Waals surface area contributed by atoms with Crippen LogP contribution in [0, 0.1) is 0 Å². The highest BCUT2D eigenvalue weighted by atomic mass is 31.2. The smallest absolute Gasteiger partial charge is 0.462 e. The zero-order valence-electron chi connectivity index (χ0n) is 32.8. The van der Waals surface area contributed by atoms with Gasteiger partial charge in [0.1, 0.15) is 6.61 Å².